The molecule has 0 radical (unpaired) electrons. The van der Waals surface area contributed by atoms with E-state index in [-0.39, 0.29) is 38.8 Å². The number of ether oxygens (including phenoxy) is 2. The van der Waals surface area contributed by atoms with Crippen LogP contribution in [-0.4, -0.2) is 61.3 Å². The predicted molar refractivity (Wildman–Crippen MR) is 204 cm³/mol. The molecule has 6 unspecified atom stereocenters. The monoisotopic (exact) mass is 1330 g/mol. The van der Waals surface area contributed by atoms with E-state index in [0.29, 0.717) is 42.6 Å². The predicted octanol–water partition coefficient (Wildman–Crippen LogP) is 11.7. The number of alkyl halides is 8. The lowest BCUT2D eigenvalue weighted by atomic mass is 10.2. The Bertz CT molecular complexity index is 1100. The lowest BCUT2D eigenvalue weighted by Crippen LogP contribution is -2.30. The molecule has 0 aliphatic heterocycles. The molecule has 0 fully saturated rings. The highest BCUT2D eigenvalue weighted by Gasteiger charge is 2.27. The van der Waals surface area contributed by atoms with Crippen LogP contribution >= 0.6 is 191 Å². The van der Waals surface area contributed by atoms with E-state index < -0.39 is 9.84 Å². The first-order valence-corrected chi connectivity index (χ1v) is 23.0. The van der Waals surface area contributed by atoms with Gasteiger partial charge in [0.2, 0.25) is 9.84 Å². The van der Waals surface area contributed by atoms with Crippen molar-refractivity contribution in [1.29, 1.82) is 0 Å². The van der Waals surface area contributed by atoms with Crippen molar-refractivity contribution in [2.75, 3.05) is 23.9 Å². The molecule has 0 amide bonds. The summed E-state index contributed by atoms with van der Waals surface area (Å²) < 4.78 is 41.2. The maximum atomic E-state index is 13.6. The van der Waals surface area contributed by atoms with Gasteiger partial charge in [0, 0.05) is 30.0 Å². The number of sulfone groups is 1. The van der Waals surface area contributed by atoms with Crippen molar-refractivity contribution in [3.05, 3.63) is 42.2 Å². The van der Waals surface area contributed by atoms with Gasteiger partial charge in [-0.15, -0.1) is 0 Å². The summed E-state index contributed by atoms with van der Waals surface area (Å²) >= 11 is 42.7. The molecule has 2 rings (SSSR count). The molecule has 0 saturated heterocycles. The Kier molecular flexibility index (Phi) is 18.1. The quantitative estimate of drug-likeness (QED) is 0.177. The van der Waals surface area contributed by atoms with Gasteiger partial charge in [-0.1, -0.05) is 127 Å². The largest absolute Gasteiger partial charge is 0.490 e. The molecule has 17 heteroatoms. The third-order valence-electron chi connectivity index (χ3n) is 5.01. The van der Waals surface area contributed by atoms with Crippen LogP contribution in [0, 0.1) is 0 Å². The van der Waals surface area contributed by atoms with Crippen molar-refractivity contribution in [1.82, 2.24) is 0 Å². The summed E-state index contributed by atoms with van der Waals surface area (Å²) in [5.41, 5.74) is 0. The molecule has 0 bridgehead atoms. The fourth-order valence-corrected chi connectivity index (χ4v) is 12.8. The van der Waals surface area contributed by atoms with Crippen LogP contribution in [0.1, 0.15) is 0 Å². The van der Waals surface area contributed by atoms with Crippen LogP contribution < -0.4 is 9.47 Å². The number of rotatable bonds is 14. The molecule has 220 valence electrons. The van der Waals surface area contributed by atoms with Gasteiger partial charge in [-0.2, -0.15) is 0 Å². The average Bonchev–Trinajstić information content (AvgIpc) is 2.89. The Balaban J connectivity index is 2.25. The van der Waals surface area contributed by atoms with Crippen molar-refractivity contribution >= 4 is 201 Å². The summed E-state index contributed by atoms with van der Waals surface area (Å²) in [5.74, 6) is 1.02. The zero-order valence-electron chi connectivity index (χ0n) is 19.2. The van der Waals surface area contributed by atoms with Crippen molar-refractivity contribution in [2.24, 2.45) is 0 Å². The third kappa shape index (κ3) is 10.9. The van der Waals surface area contributed by atoms with Gasteiger partial charge in [0.15, 0.2) is 0 Å². The molecule has 0 spiro atoms. The molecule has 39 heavy (non-hydrogen) atoms. The van der Waals surface area contributed by atoms with E-state index in [9.17, 15) is 8.42 Å². The first-order valence-electron chi connectivity index (χ1n) is 10.6. The van der Waals surface area contributed by atoms with Gasteiger partial charge in [0.05, 0.1) is 37.3 Å². The van der Waals surface area contributed by atoms with Crippen LogP contribution in [0.5, 0.6) is 11.5 Å². The van der Waals surface area contributed by atoms with Crippen LogP contribution in [0.25, 0.3) is 0 Å². The van der Waals surface area contributed by atoms with Crippen LogP contribution in [0.3, 0.4) is 0 Å². The topological polar surface area (TPSA) is 52.6 Å². The van der Waals surface area contributed by atoms with Crippen LogP contribution in [-0.2, 0) is 9.84 Å². The second-order valence-electron chi connectivity index (χ2n) is 7.82. The van der Waals surface area contributed by atoms with Crippen LogP contribution in [0.2, 0.25) is 0 Å². The molecule has 0 aromatic heterocycles. The Morgan fingerprint density at radius 1 is 0.564 bits per heavy atom. The van der Waals surface area contributed by atoms with E-state index in [1.165, 1.54) is 24.3 Å². The van der Waals surface area contributed by atoms with Gasteiger partial charge in [-0.25, -0.2) is 8.42 Å². The average molecular weight is 1340 g/mol. The molecular weight excluding hydrogens is 1320 g/mol. The molecule has 0 N–H and O–H groups in total. The number of halogens is 12. The third-order valence-corrected chi connectivity index (χ3v) is 21.1. The minimum atomic E-state index is -3.87. The maximum absolute atomic E-state index is 13.6. The normalized spacial score (nSPS) is 16.7. The van der Waals surface area contributed by atoms with Crippen molar-refractivity contribution in [2.45, 2.75) is 38.8 Å². The number of hydrogen-bond acceptors (Lipinski definition) is 4. The Labute approximate surface area is 329 Å². The van der Waals surface area contributed by atoms with Gasteiger partial charge in [-0.3, -0.25) is 0 Å². The second kappa shape index (κ2) is 18.2. The fourth-order valence-electron chi connectivity index (χ4n) is 2.93. The second-order valence-corrected chi connectivity index (χ2v) is 21.3. The summed E-state index contributed by atoms with van der Waals surface area (Å²) in [6.45, 7) is 0.709. The molecule has 2 aromatic rings. The fraction of sp³-hybridized carbons (Fsp3) is 0.455. The first-order chi connectivity index (χ1) is 18.1. The van der Waals surface area contributed by atoms with Crippen molar-refractivity contribution in [3.8, 4) is 11.5 Å². The lowest BCUT2D eigenvalue weighted by molar-refractivity contribution is 0.313. The molecule has 0 aliphatic carbocycles. The zero-order valence-corrected chi connectivity index (χ0v) is 39.0. The smallest absolute Gasteiger partial charge is 0.206 e. The van der Waals surface area contributed by atoms with Gasteiger partial charge >= 0.3 is 0 Å². The number of hydrogen-bond donors (Lipinski definition) is 0. The standard InChI is InChI=1S/C22H18Br12O4S/c23-5-15(29)19(33)17(31)7-37-21-11(25)1-9(2-12(21)26)39(35,36)10-3-13(27)22(14(28)4-10)38-8-18(32)20(34)16(30)6-24/h1-4,15-20H,5-8H2. The van der Waals surface area contributed by atoms with E-state index in [4.69, 9.17) is 9.47 Å². The minimum absolute atomic E-state index is 0.00241. The molecule has 4 nitrogen and oxygen atoms in total. The van der Waals surface area contributed by atoms with E-state index in [2.05, 4.69) is 191 Å². The first kappa shape index (κ1) is 38.9. The van der Waals surface area contributed by atoms with Gasteiger partial charge < -0.3 is 9.47 Å². The lowest BCUT2D eigenvalue weighted by Gasteiger charge is -2.22. The molecule has 6 atom stereocenters. The zero-order chi connectivity index (χ0) is 29.7. The number of benzene rings is 2. The summed E-state index contributed by atoms with van der Waals surface area (Å²) in [4.78, 5) is 0.827. The van der Waals surface area contributed by atoms with Crippen LogP contribution in [0.4, 0.5) is 0 Å². The van der Waals surface area contributed by atoms with Gasteiger partial charge in [0.1, 0.15) is 24.7 Å². The van der Waals surface area contributed by atoms with E-state index >= 15 is 0 Å². The van der Waals surface area contributed by atoms with E-state index in [1.807, 2.05) is 0 Å². The highest BCUT2D eigenvalue weighted by atomic mass is 79.9. The highest BCUT2D eigenvalue weighted by molar-refractivity contribution is 9.15. The van der Waals surface area contributed by atoms with Crippen molar-refractivity contribution in [3.63, 3.8) is 0 Å². The van der Waals surface area contributed by atoms with E-state index in [1.54, 1.807) is 0 Å². The van der Waals surface area contributed by atoms with Crippen LogP contribution in [0.15, 0.2) is 51.9 Å². The SMILES string of the molecule is O=S(=O)(c1cc(Br)c(OCC(Br)C(Br)C(Br)CBr)c(Br)c1)c1cc(Br)c(OCC(Br)C(Br)C(Br)CBr)c(Br)c1. The molecular formula is C22H18Br12O4S. The molecule has 0 aliphatic rings. The summed E-state index contributed by atoms with van der Waals surface area (Å²) in [6.07, 6.45) is 0. The molecule has 2 aromatic carbocycles. The Hall–Kier alpha value is 3.75. The molecule has 0 heterocycles. The maximum Gasteiger partial charge on any atom is 0.206 e. The molecule has 0 saturated carbocycles. The minimum Gasteiger partial charge on any atom is -0.490 e. The Morgan fingerprint density at radius 2 is 0.846 bits per heavy atom. The van der Waals surface area contributed by atoms with Gasteiger partial charge in [-0.05, 0) is 88.0 Å². The summed E-state index contributed by atoms with van der Waals surface area (Å²) in [7, 11) is -3.87. The van der Waals surface area contributed by atoms with E-state index in [0.717, 1.165) is 10.7 Å². The van der Waals surface area contributed by atoms with Gasteiger partial charge in [0.25, 0.3) is 0 Å². The highest BCUT2D eigenvalue weighted by Crippen LogP contribution is 2.41. The summed E-state index contributed by atoms with van der Waals surface area (Å²) in [6, 6.07) is 6.14. The Morgan fingerprint density at radius 3 is 1.10 bits per heavy atom. The summed E-state index contributed by atoms with van der Waals surface area (Å²) in [5, 5.41) is 1.54. The van der Waals surface area contributed by atoms with Crippen molar-refractivity contribution < 1.29 is 17.9 Å².